The van der Waals surface area contributed by atoms with Gasteiger partial charge in [0.25, 0.3) is 0 Å². The summed E-state index contributed by atoms with van der Waals surface area (Å²) in [5.41, 5.74) is 3.82. The highest BCUT2D eigenvalue weighted by Gasteiger charge is 2.05. The quantitative estimate of drug-likeness (QED) is 0.428. The van der Waals surface area contributed by atoms with Crippen molar-refractivity contribution in [2.45, 2.75) is 12.8 Å². The molecule has 0 spiro atoms. The van der Waals surface area contributed by atoms with Crippen molar-refractivity contribution in [1.29, 1.82) is 0 Å². The molecule has 1 aromatic carbocycles. The second kappa shape index (κ2) is 10.5. The smallest absolute Gasteiger partial charge is 0.328 e. The predicted molar refractivity (Wildman–Crippen MR) is 108 cm³/mol. The SMILES string of the molecule is Cn1cc(CCCNc2cccnc2)c2ccccc21.O=C(O)C=CC(=O)O. The predicted octanol–water partition coefficient (Wildman–Crippen LogP) is 3.33. The van der Waals surface area contributed by atoms with Crippen LogP contribution in [0.3, 0.4) is 0 Å². The molecular formula is C21H23N3O4. The Balaban J connectivity index is 0.000000300. The van der Waals surface area contributed by atoms with Gasteiger partial charge in [0.15, 0.2) is 0 Å². The summed E-state index contributed by atoms with van der Waals surface area (Å²) < 4.78 is 2.21. The van der Waals surface area contributed by atoms with Crippen molar-refractivity contribution in [2.24, 2.45) is 7.05 Å². The fourth-order valence-electron chi connectivity index (χ4n) is 2.75. The molecule has 0 radical (unpaired) electrons. The number of aryl methyl sites for hydroxylation is 2. The molecule has 0 aliphatic carbocycles. The number of anilines is 1. The molecule has 0 aliphatic rings. The Morgan fingerprint density at radius 1 is 1.11 bits per heavy atom. The summed E-state index contributed by atoms with van der Waals surface area (Å²) in [6, 6.07) is 12.6. The Kier molecular flexibility index (Phi) is 7.77. The van der Waals surface area contributed by atoms with Gasteiger partial charge in [0.05, 0.1) is 5.69 Å². The van der Waals surface area contributed by atoms with Crippen LogP contribution < -0.4 is 5.32 Å². The zero-order chi connectivity index (χ0) is 20.4. The average molecular weight is 381 g/mol. The van der Waals surface area contributed by atoms with Gasteiger partial charge in [-0.2, -0.15) is 0 Å². The Morgan fingerprint density at radius 3 is 2.46 bits per heavy atom. The summed E-state index contributed by atoms with van der Waals surface area (Å²) >= 11 is 0. The lowest BCUT2D eigenvalue weighted by Crippen LogP contribution is -2.02. The highest BCUT2D eigenvalue weighted by molar-refractivity contribution is 5.89. The fraction of sp³-hybridized carbons (Fsp3) is 0.190. The van der Waals surface area contributed by atoms with Crippen molar-refractivity contribution in [3.63, 3.8) is 0 Å². The number of para-hydroxylation sites is 1. The Hall–Kier alpha value is -3.61. The van der Waals surface area contributed by atoms with E-state index in [-0.39, 0.29) is 0 Å². The van der Waals surface area contributed by atoms with Gasteiger partial charge in [-0.05, 0) is 36.6 Å². The zero-order valence-electron chi connectivity index (χ0n) is 15.6. The topological polar surface area (TPSA) is 104 Å². The number of aromatic nitrogens is 2. The van der Waals surface area contributed by atoms with E-state index in [1.54, 1.807) is 6.20 Å². The molecule has 2 aromatic heterocycles. The maximum atomic E-state index is 9.55. The Labute approximate surface area is 163 Å². The van der Waals surface area contributed by atoms with Gasteiger partial charge < -0.3 is 20.1 Å². The van der Waals surface area contributed by atoms with Gasteiger partial charge >= 0.3 is 11.9 Å². The van der Waals surface area contributed by atoms with Crippen molar-refractivity contribution >= 4 is 28.5 Å². The largest absolute Gasteiger partial charge is 0.478 e. The molecule has 0 saturated heterocycles. The first-order valence-electron chi connectivity index (χ1n) is 8.78. The van der Waals surface area contributed by atoms with Gasteiger partial charge in [-0.25, -0.2) is 9.59 Å². The van der Waals surface area contributed by atoms with Crippen LogP contribution >= 0.6 is 0 Å². The lowest BCUT2D eigenvalue weighted by molar-refractivity contribution is -0.134. The van der Waals surface area contributed by atoms with Crippen LogP contribution in [0.1, 0.15) is 12.0 Å². The molecule has 2 heterocycles. The molecule has 0 fully saturated rings. The molecule has 0 bridgehead atoms. The van der Waals surface area contributed by atoms with E-state index in [4.69, 9.17) is 10.2 Å². The fourth-order valence-corrected chi connectivity index (χ4v) is 2.75. The highest BCUT2D eigenvalue weighted by Crippen LogP contribution is 2.21. The molecule has 3 rings (SSSR count). The van der Waals surface area contributed by atoms with E-state index in [1.807, 2.05) is 18.3 Å². The van der Waals surface area contributed by atoms with Crippen LogP contribution in [0.25, 0.3) is 10.9 Å². The number of nitrogens with zero attached hydrogens (tertiary/aromatic N) is 2. The standard InChI is InChI=1S/C17H19N3.C4H4O4/c1-20-13-14(16-8-2-3-9-17(16)20)6-4-11-19-15-7-5-10-18-12-15;5-3(6)1-2-4(7)8/h2-3,5,7-10,12-13,19H,4,6,11H2,1H3;1-2H,(H,5,6)(H,7,8). The number of fused-ring (bicyclic) bond motifs is 1. The molecule has 0 atom stereocenters. The molecule has 7 heteroatoms. The third kappa shape index (κ3) is 6.60. The number of carboxylic acids is 2. The number of pyridine rings is 1. The van der Waals surface area contributed by atoms with Gasteiger partial charge in [-0.15, -0.1) is 0 Å². The summed E-state index contributed by atoms with van der Waals surface area (Å²) in [6.45, 7) is 0.967. The van der Waals surface area contributed by atoms with Crippen LogP contribution in [0.5, 0.6) is 0 Å². The van der Waals surface area contributed by atoms with Crippen LogP contribution in [0.15, 0.2) is 67.1 Å². The number of carboxylic acid groups (broad SMARTS) is 2. The molecular weight excluding hydrogens is 358 g/mol. The molecule has 3 aromatic rings. The van der Waals surface area contributed by atoms with Gasteiger partial charge in [0, 0.05) is 55.2 Å². The Bertz CT molecular complexity index is 933. The summed E-state index contributed by atoms with van der Waals surface area (Å²) in [5.74, 6) is -2.51. The number of carbonyl (C=O) groups is 2. The highest BCUT2D eigenvalue weighted by atomic mass is 16.4. The number of rotatable bonds is 7. The summed E-state index contributed by atoms with van der Waals surface area (Å²) in [6.07, 6.45) is 9.22. The van der Waals surface area contributed by atoms with Crippen molar-refractivity contribution in [2.75, 3.05) is 11.9 Å². The zero-order valence-corrected chi connectivity index (χ0v) is 15.6. The molecule has 28 heavy (non-hydrogen) atoms. The molecule has 0 unspecified atom stereocenters. The second-order valence-corrected chi connectivity index (χ2v) is 6.06. The van der Waals surface area contributed by atoms with E-state index in [0.29, 0.717) is 12.2 Å². The van der Waals surface area contributed by atoms with Crippen molar-refractivity contribution in [3.05, 3.63) is 72.7 Å². The van der Waals surface area contributed by atoms with Crippen LogP contribution in [0.4, 0.5) is 5.69 Å². The minimum Gasteiger partial charge on any atom is -0.478 e. The van der Waals surface area contributed by atoms with Crippen LogP contribution in [0.2, 0.25) is 0 Å². The first kappa shape index (κ1) is 20.7. The van der Waals surface area contributed by atoms with Gasteiger partial charge in [-0.3, -0.25) is 4.98 Å². The van der Waals surface area contributed by atoms with E-state index >= 15 is 0 Å². The third-order valence-corrected chi connectivity index (χ3v) is 3.96. The van der Waals surface area contributed by atoms with Gasteiger partial charge in [-0.1, -0.05) is 18.2 Å². The summed E-state index contributed by atoms with van der Waals surface area (Å²) in [7, 11) is 2.11. The number of benzene rings is 1. The number of nitrogens with one attached hydrogen (secondary N) is 1. The average Bonchev–Trinajstić information content (AvgIpc) is 3.01. The maximum absolute atomic E-state index is 9.55. The lowest BCUT2D eigenvalue weighted by atomic mass is 10.1. The van der Waals surface area contributed by atoms with Crippen molar-refractivity contribution < 1.29 is 19.8 Å². The molecule has 0 amide bonds. The molecule has 0 aliphatic heterocycles. The molecule has 3 N–H and O–H groups in total. The van der Waals surface area contributed by atoms with E-state index in [9.17, 15) is 9.59 Å². The van der Waals surface area contributed by atoms with E-state index in [1.165, 1.54) is 16.5 Å². The molecule has 146 valence electrons. The number of hydrogen-bond acceptors (Lipinski definition) is 4. The van der Waals surface area contributed by atoms with Crippen molar-refractivity contribution in [1.82, 2.24) is 9.55 Å². The van der Waals surface area contributed by atoms with E-state index in [0.717, 1.165) is 25.1 Å². The van der Waals surface area contributed by atoms with E-state index in [2.05, 4.69) is 52.4 Å². The normalized spacial score (nSPS) is 10.5. The maximum Gasteiger partial charge on any atom is 0.328 e. The molecule has 0 saturated carbocycles. The van der Waals surface area contributed by atoms with Crippen LogP contribution in [-0.2, 0) is 23.1 Å². The van der Waals surface area contributed by atoms with E-state index < -0.39 is 11.9 Å². The van der Waals surface area contributed by atoms with Gasteiger partial charge in [0.2, 0.25) is 0 Å². The molecule has 7 nitrogen and oxygen atoms in total. The minimum absolute atomic E-state index is 0.558. The monoisotopic (exact) mass is 381 g/mol. The lowest BCUT2D eigenvalue weighted by Gasteiger charge is -2.05. The van der Waals surface area contributed by atoms with Crippen molar-refractivity contribution in [3.8, 4) is 0 Å². The third-order valence-electron chi connectivity index (χ3n) is 3.96. The summed E-state index contributed by atoms with van der Waals surface area (Å²) in [4.78, 5) is 23.2. The Morgan fingerprint density at radius 2 is 1.82 bits per heavy atom. The second-order valence-electron chi connectivity index (χ2n) is 6.06. The van der Waals surface area contributed by atoms with Crippen LogP contribution in [-0.4, -0.2) is 38.2 Å². The summed E-state index contributed by atoms with van der Waals surface area (Å²) in [5, 5.41) is 20.4. The number of hydrogen-bond donors (Lipinski definition) is 3. The van der Waals surface area contributed by atoms with Gasteiger partial charge in [0.1, 0.15) is 0 Å². The van der Waals surface area contributed by atoms with Crippen LogP contribution in [0, 0.1) is 0 Å². The minimum atomic E-state index is -1.26. The first-order chi connectivity index (χ1) is 13.5. The first-order valence-corrected chi connectivity index (χ1v) is 8.78. The number of aliphatic carboxylic acids is 2.